The molecular formula is C28H22N4O6S. The summed E-state index contributed by atoms with van der Waals surface area (Å²) in [5, 5.41) is 25.4. The molecule has 2 atom stereocenters. The lowest BCUT2D eigenvalue weighted by molar-refractivity contribution is -0.114. The first kappa shape index (κ1) is 25.6. The number of hydrogen-bond donors (Lipinski definition) is 4. The second-order valence-electron chi connectivity index (χ2n) is 8.84. The van der Waals surface area contributed by atoms with Crippen LogP contribution in [0.4, 0.5) is 11.4 Å². The van der Waals surface area contributed by atoms with E-state index in [1.54, 1.807) is 30.5 Å². The molecule has 2 aromatic carbocycles. The number of amides is 1. The van der Waals surface area contributed by atoms with Gasteiger partial charge in [0.25, 0.3) is 0 Å². The normalized spacial score (nSPS) is 16.5. The number of hydrogen-bond acceptors (Lipinski definition) is 6. The molecule has 0 saturated carbocycles. The molecule has 3 heterocycles. The molecule has 2 aromatic heterocycles. The van der Waals surface area contributed by atoms with Gasteiger partial charge in [0.1, 0.15) is 17.6 Å². The highest BCUT2D eigenvalue weighted by molar-refractivity contribution is 7.80. The molecule has 39 heavy (non-hydrogen) atoms. The van der Waals surface area contributed by atoms with Crippen LogP contribution in [0.15, 0.2) is 83.4 Å². The first-order valence-corrected chi connectivity index (χ1v) is 12.2. The molecule has 1 aliphatic heterocycles. The number of carbonyl (C=O) groups is 3. The van der Waals surface area contributed by atoms with Gasteiger partial charge >= 0.3 is 11.9 Å². The molecule has 196 valence electrons. The number of nitrogens with zero attached hydrogens (tertiary/aromatic N) is 2. The summed E-state index contributed by atoms with van der Waals surface area (Å²) in [7, 11) is 0. The summed E-state index contributed by atoms with van der Waals surface area (Å²) in [5.41, 5.74) is 2.07. The summed E-state index contributed by atoms with van der Waals surface area (Å²) in [6.07, 6.45) is 1.68. The van der Waals surface area contributed by atoms with Crippen molar-refractivity contribution in [3.8, 4) is 11.3 Å². The van der Waals surface area contributed by atoms with Crippen LogP contribution in [0.25, 0.3) is 11.3 Å². The number of carboxylic acids is 2. The van der Waals surface area contributed by atoms with Crippen LogP contribution >= 0.6 is 12.2 Å². The smallest absolute Gasteiger partial charge is 0.335 e. The van der Waals surface area contributed by atoms with Crippen LogP contribution in [0.1, 0.15) is 51.2 Å². The topological polar surface area (TPSA) is 145 Å². The van der Waals surface area contributed by atoms with Crippen molar-refractivity contribution in [3.05, 3.63) is 102 Å². The zero-order valence-electron chi connectivity index (χ0n) is 20.5. The Labute approximate surface area is 227 Å². The lowest BCUT2D eigenvalue weighted by atomic mass is 10.0. The van der Waals surface area contributed by atoms with E-state index in [1.807, 2.05) is 35.2 Å². The molecule has 1 aliphatic rings. The van der Waals surface area contributed by atoms with Crippen LogP contribution < -0.4 is 15.5 Å². The molecule has 1 saturated heterocycles. The van der Waals surface area contributed by atoms with Gasteiger partial charge in [-0.15, -0.1) is 0 Å². The number of aromatic carboxylic acids is 2. The monoisotopic (exact) mass is 542 g/mol. The first-order valence-electron chi connectivity index (χ1n) is 11.8. The quantitative estimate of drug-likeness (QED) is 0.239. The molecule has 11 heteroatoms. The average Bonchev–Trinajstić information content (AvgIpc) is 3.54. The van der Waals surface area contributed by atoms with Crippen LogP contribution in [0, 0.1) is 0 Å². The molecule has 0 spiro atoms. The number of pyridine rings is 1. The summed E-state index contributed by atoms with van der Waals surface area (Å²) in [5.74, 6) is -1.89. The van der Waals surface area contributed by atoms with Crippen LogP contribution in [-0.4, -0.2) is 38.2 Å². The van der Waals surface area contributed by atoms with Gasteiger partial charge in [0.05, 0.1) is 22.9 Å². The number of thiocarbonyl (C=S) groups is 1. The van der Waals surface area contributed by atoms with Crippen LogP contribution in [0.5, 0.6) is 0 Å². The highest BCUT2D eigenvalue weighted by atomic mass is 32.1. The zero-order chi connectivity index (χ0) is 27.7. The van der Waals surface area contributed by atoms with E-state index in [2.05, 4.69) is 15.6 Å². The van der Waals surface area contributed by atoms with Gasteiger partial charge in [-0.2, -0.15) is 0 Å². The maximum atomic E-state index is 11.6. The second kappa shape index (κ2) is 10.4. The fraction of sp³-hybridized carbons (Fsp3) is 0.107. The average molecular weight is 543 g/mol. The Morgan fingerprint density at radius 3 is 2.26 bits per heavy atom. The summed E-state index contributed by atoms with van der Waals surface area (Å²) in [6, 6.07) is 19.1. The number of nitrogens with one attached hydrogen (secondary N) is 2. The number of rotatable bonds is 7. The van der Waals surface area contributed by atoms with Gasteiger partial charge in [-0.05, 0) is 78.9 Å². The summed E-state index contributed by atoms with van der Waals surface area (Å²) in [6.45, 7) is 1.43. The number of carboxylic acid groups (broad SMARTS) is 2. The van der Waals surface area contributed by atoms with Crippen LogP contribution in [0.3, 0.4) is 0 Å². The number of anilines is 2. The van der Waals surface area contributed by atoms with Crippen LogP contribution in [0.2, 0.25) is 0 Å². The molecule has 1 fully saturated rings. The Morgan fingerprint density at radius 1 is 0.974 bits per heavy atom. The van der Waals surface area contributed by atoms with E-state index >= 15 is 0 Å². The predicted molar refractivity (Wildman–Crippen MR) is 147 cm³/mol. The van der Waals surface area contributed by atoms with Crippen molar-refractivity contribution in [2.75, 3.05) is 10.2 Å². The van der Waals surface area contributed by atoms with Crippen molar-refractivity contribution >= 4 is 46.6 Å². The third-order valence-corrected chi connectivity index (χ3v) is 6.51. The number of furan rings is 1. The minimum Gasteiger partial charge on any atom is -0.478 e. The molecule has 0 radical (unpaired) electrons. The predicted octanol–water partition coefficient (Wildman–Crippen LogP) is 4.87. The minimum absolute atomic E-state index is 0.168. The minimum atomic E-state index is -1.25. The van der Waals surface area contributed by atoms with E-state index in [1.165, 1.54) is 19.1 Å². The molecule has 0 unspecified atom stereocenters. The number of aromatic nitrogens is 1. The van der Waals surface area contributed by atoms with Gasteiger partial charge in [-0.3, -0.25) is 9.78 Å². The first-order chi connectivity index (χ1) is 18.7. The Morgan fingerprint density at radius 2 is 1.67 bits per heavy atom. The fourth-order valence-corrected chi connectivity index (χ4v) is 4.86. The van der Waals surface area contributed by atoms with Crippen molar-refractivity contribution in [1.29, 1.82) is 0 Å². The van der Waals surface area contributed by atoms with E-state index in [0.29, 0.717) is 27.9 Å². The van der Waals surface area contributed by atoms with Crippen molar-refractivity contribution in [1.82, 2.24) is 10.3 Å². The standard InChI is InChI=1S/C28H22N4O6S/c1-15(33)30-19-5-7-20(8-6-19)32-25(24(31-28(32)39)21-4-2-3-11-29-21)23-10-9-22(38-23)16-12-17(26(34)35)14-18(13-16)27(36)37/h2-14,24-25H,1H3,(H,30,33)(H,31,39)(H,34,35)(H,36,37)/t24-,25+/m0/s1. The summed E-state index contributed by atoms with van der Waals surface area (Å²) < 4.78 is 6.24. The van der Waals surface area contributed by atoms with Crippen molar-refractivity contribution in [2.24, 2.45) is 0 Å². The molecule has 5 rings (SSSR count). The molecule has 4 aromatic rings. The SMILES string of the molecule is CC(=O)Nc1ccc(N2C(=S)N[C@@H](c3ccccn3)[C@H]2c2ccc(-c3cc(C(=O)O)cc(C(=O)O)c3)o2)cc1. The van der Waals surface area contributed by atoms with Gasteiger partial charge in [0.15, 0.2) is 5.11 Å². The highest BCUT2D eigenvalue weighted by Crippen LogP contribution is 2.43. The van der Waals surface area contributed by atoms with Gasteiger partial charge in [0, 0.05) is 30.1 Å². The van der Waals surface area contributed by atoms with Crippen molar-refractivity contribution in [2.45, 2.75) is 19.0 Å². The Kier molecular flexibility index (Phi) is 6.82. The fourth-order valence-electron chi connectivity index (χ4n) is 4.51. The molecule has 1 amide bonds. The highest BCUT2D eigenvalue weighted by Gasteiger charge is 2.42. The lowest BCUT2D eigenvalue weighted by Gasteiger charge is -2.26. The van der Waals surface area contributed by atoms with E-state index in [-0.39, 0.29) is 17.0 Å². The summed E-state index contributed by atoms with van der Waals surface area (Å²) in [4.78, 5) is 41.0. The van der Waals surface area contributed by atoms with Crippen molar-refractivity contribution < 1.29 is 29.0 Å². The molecule has 4 N–H and O–H groups in total. The van der Waals surface area contributed by atoms with Gasteiger partial charge < -0.3 is 30.2 Å². The third kappa shape index (κ3) is 5.20. The van der Waals surface area contributed by atoms with Crippen molar-refractivity contribution in [3.63, 3.8) is 0 Å². The number of carbonyl (C=O) groups excluding carboxylic acids is 1. The van der Waals surface area contributed by atoms with Gasteiger partial charge in [0.2, 0.25) is 5.91 Å². The Balaban J connectivity index is 1.58. The van der Waals surface area contributed by atoms with E-state index < -0.39 is 24.0 Å². The maximum Gasteiger partial charge on any atom is 0.335 e. The van der Waals surface area contributed by atoms with E-state index in [4.69, 9.17) is 16.6 Å². The Hall–Kier alpha value is -5.03. The largest absolute Gasteiger partial charge is 0.478 e. The summed E-state index contributed by atoms with van der Waals surface area (Å²) >= 11 is 5.72. The molecule has 10 nitrogen and oxygen atoms in total. The van der Waals surface area contributed by atoms with Crippen LogP contribution in [-0.2, 0) is 4.79 Å². The Bertz CT molecular complexity index is 1550. The van der Waals surface area contributed by atoms with E-state index in [9.17, 15) is 24.6 Å². The second-order valence-corrected chi connectivity index (χ2v) is 9.22. The molecule has 0 aliphatic carbocycles. The third-order valence-electron chi connectivity index (χ3n) is 6.19. The molecule has 0 bridgehead atoms. The zero-order valence-corrected chi connectivity index (χ0v) is 21.3. The maximum absolute atomic E-state index is 11.6. The lowest BCUT2D eigenvalue weighted by Crippen LogP contribution is -2.29. The van der Waals surface area contributed by atoms with Gasteiger partial charge in [-0.25, -0.2) is 9.59 Å². The number of benzene rings is 2. The molecular weight excluding hydrogens is 520 g/mol. The van der Waals surface area contributed by atoms with Gasteiger partial charge in [-0.1, -0.05) is 6.07 Å². The van der Waals surface area contributed by atoms with E-state index in [0.717, 1.165) is 17.4 Å².